The summed E-state index contributed by atoms with van der Waals surface area (Å²) in [5, 5.41) is 15.2. The SMILES string of the molecule is O=C(NCC(O)c1ccc(Cl)s1)NC1CCOC1. The van der Waals surface area contributed by atoms with Gasteiger partial charge in [-0.1, -0.05) is 11.6 Å². The molecule has 1 saturated heterocycles. The van der Waals surface area contributed by atoms with Crippen molar-refractivity contribution in [2.75, 3.05) is 19.8 Å². The number of nitrogens with one attached hydrogen (secondary N) is 2. The van der Waals surface area contributed by atoms with Gasteiger partial charge in [0.1, 0.15) is 6.10 Å². The fraction of sp³-hybridized carbons (Fsp3) is 0.545. The first-order valence-electron chi connectivity index (χ1n) is 5.70. The molecule has 1 aliphatic rings. The molecule has 2 heterocycles. The van der Waals surface area contributed by atoms with E-state index >= 15 is 0 Å². The van der Waals surface area contributed by atoms with Crippen LogP contribution < -0.4 is 10.6 Å². The first-order valence-corrected chi connectivity index (χ1v) is 6.90. The van der Waals surface area contributed by atoms with Gasteiger partial charge in [-0.15, -0.1) is 11.3 Å². The van der Waals surface area contributed by atoms with Crippen LogP contribution in [0.25, 0.3) is 0 Å². The van der Waals surface area contributed by atoms with E-state index in [-0.39, 0.29) is 18.6 Å². The molecule has 2 rings (SSSR count). The van der Waals surface area contributed by atoms with Crippen molar-refractivity contribution in [2.45, 2.75) is 18.6 Å². The number of thiophene rings is 1. The number of aliphatic hydroxyl groups excluding tert-OH is 1. The first-order chi connectivity index (χ1) is 8.65. The maximum atomic E-state index is 11.5. The predicted octanol–water partition coefficient (Wildman–Crippen LogP) is 1.52. The molecule has 0 spiro atoms. The van der Waals surface area contributed by atoms with Crippen molar-refractivity contribution < 1.29 is 14.6 Å². The highest BCUT2D eigenvalue weighted by atomic mass is 35.5. The first kappa shape index (κ1) is 13.6. The third-order valence-electron chi connectivity index (χ3n) is 2.64. The maximum Gasteiger partial charge on any atom is 0.315 e. The lowest BCUT2D eigenvalue weighted by molar-refractivity contribution is 0.173. The zero-order valence-electron chi connectivity index (χ0n) is 9.69. The number of amides is 2. The molecule has 1 fully saturated rings. The zero-order valence-corrected chi connectivity index (χ0v) is 11.3. The summed E-state index contributed by atoms with van der Waals surface area (Å²) < 4.78 is 5.77. The molecule has 7 heteroatoms. The summed E-state index contributed by atoms with van der Waals surface area (Å²) in [5.74, 6) is 0. The molecule has 0 aromatic carbocycles. The molecule has 1 aromatic heterocycles. The minimum atomic E-state index is -0.729. The van der Waals surface area contributed by atoms with E-state index in [1.165, 1.54) is 11.3 Å². The molecule has 100 valence electrons. The van der Waals surface area contributed by atoms with E-state index in [2.05, 4.69) is 10.6 Å². The summed E-state index contributed by atoms with van der Waals surface area (Å²) in [6.07, 6.45) is 0.101. The summed E-state index contributed by atoms with van der Waals surface area (Å²) in [6, 6.07) is 3.26. The van der Waals surface area contributed by atoms with Crippen LogP contribution in [-0.2, 0) is 4.74 Å². The second-order valence-corrected chi connectivity index (χ2v) is 5.82. The standard InChI is InChI=1S/C11H15ClN2O3S/c12-10-2-1-9(18-10)8(15)5-13-11(16)14-7-3-4-17-6-7/h1-2,7-8,15H,3-6H2,(H2,13,14,16). The van der Waals surface area contributed by atoms with E-state index in [9.17, 15) is 9.90 Å². The molecule has 0 bridgehead atoms. The van der Waals surface area contributed by atoms with Crippen molar-refractivity contribution in [3.63, 3.8) is 0 Å². The molecular weight excluding hydrogens is 276 g/mol. The lowest BCUT2D eigenvalue weighted by atomic mass is 10.2. The molecule has 0 aliphatic carbocycles. The van der Waals surface area contributed by atoms with E-state index < -0.39 is 6.10 Å². The average molecular weight is 291 g/mol. The number of halogens is 1. The van der Waals surface area contributed by atoms with Crippen LogP contribution in [0, 0.1) is 0 Å². The molecule has 18 heavy (non-hydrogen) atoms. The van der Waals surface area contributed by atoms with Gasteiger partial charge in [0.2, 0.25) is 0 Å². The number of carbonyl (C=O) groups excluding carboxylic acids is 1. The quantitative estimate of drug-likeness (QED) is 0.787. The summed E-state index contributed by atoms with van der Waals surface area (Å²) >= 11 is 7.08. The van der Waals surface area contributed by atoms with E-state index in [0.29, 0.717) is 17.6 Å². The minimum absolute atomic E-state index is 0.0679. The normalized spacial score (nSPS) is 20.7. The molecule has 2 amide bonds. The minimum Gasteiger partial charge on any atom is -0.386 e. The Morgan fingerprint density at radius 2 is 2.50 bits per heavy atom. The smallest absolute Gasteiger partial charge is 0.315 e. The third-order valence-corrected chi connectivity index (χ3v) is 3.98. The Hall–Kier alpha value is -0.820. The van der Waals surface area contributed by atoms with Gasteiger partial charge in [-0.2, -0.15) is 0 Å². The van der Waals surface area contributed by atoms with Crippen LogP contribution >= 0.6 is 22.9 Å². The predicted molar refractivity (Wildman–Crippen MR) is 70.0 cm³/mol. The monoisotopic (exact) mass is 290 g/mol. The van der Waals surface area contributed by atoms with Crippen molar-refractivity contribution in [1.29, 1.82) is 0 Å². The summed E-state index contributed by atoms with van der Waals surface area (Å²) in [6.45, 7) is 1.40. The lowest BCUT2D eigenvalue weighted by Gasteiger charge is -2.14. The molecule has 1 aromatic rings. The van der Waals surface area contributed by atoms with Crippen LogP contribution in [0.3, 0.4) is 0 Å². The van der Waals surface area contributed by atoms with Gasteiger partial charge < -0.3 is 20.5 Å². The molecule has 0 saturated carbocycles. The van der Waals surface area contributed by atoms with E-state index in [0.717, 1.165) is 11.3 Å². The highest BCUT2D eigenvalue weighted by Gasteiger charge is 2.18. The highest BCUT2D eigenvalue weighted by Crippen LogP contribution is 2.26. The van der Waals surface area contributed by atoms with Crippen molar-refractivity contribution in [3.8, 4) is 0 Å². The van der Waals surface area contributed by atoms with Gasteiger partial charge in [-0.3, -0.25) is 0 Å². The molecular formula is C11H15ClN2O3S. The van der Waals surface area contributed by atoms with E-state index in [1.807, 2.05) is 0 Å². The van der Waals surface area contributed by atoms with Gasteiger partial charge in [0.05, 0.1) is 23.5 Å². The number of hydrogen-bond acceptors (Lipinski definition) is 4. The van der Waals surface area contributed by atoms with Gasteiger partial charge >= 0.3 is 6.03 Å². The van der Waals surface area contributed by atoms with Crippen LogP contribution in [-0.4, -0.2) is 36.9 Å². The Kier molecular flexibility index (Phi) is 4.82. The molecule has 0 radical (unpaired) electrons. The van der Waals surface area contributed by atoms with Gasteiger partial charge in [-0.05, 0) is 18.6 Å². The molecule has 5 nitrogen and oxygen atoms in total. The molecule has 2 unspecified atom stereocenters. The molecule has 1 aliphatic heterocycles. The Balaban J connectivity index is 1.71. The number of ether oxygens (including phenoxy) is 1. The van der Waals surface area contributed by atoms with E-state index in [4.69, 9.17) is 16.3 Å². The largest absolute Gasteiger partial charge is 0.386 e. The number of urea groups is 1. The maximum absolute atomic E-state index is 11.5. The summed E-state index contributed by atoms with van der Waals surface area (Å²) in [5.41, 5.74) is 0. The van der Waals surface area contributed by atoms with E-state index in [1.54, 1.807) is 12.1 Å². The van der Waals surface area contributed by atoms with Crippen molar-refractivity contribution in [2.24, 2.45) is 0 Å². The number of carbonyl (C=O) groups is 1. The zero-order chi connectivity index (χ0) is 13.0. The molecule has 3 N–H and O–H groups in total. The van der Waals surface area contributed by atoms with Crippen molar-refractivity contribution >= 4 is 29.0 Å². The Labute approximate surface area is 114 Å². The van der Waals surface area contributed by atoms with Crippen LogP contribution in [0.15, 0.2) is 12.1 Å². The van der Waals surface area contributed by atoms with Crippen LogP contribution in [0.1, 0.15) is 17.4 Å². The van der Waals surface area contributed by atoms with Crippen molar-refractivity contribution in [3.05, 3.63) is 21.3 Å². The van der Waals surface area contributed by atoms with Gasteiger partial charge in [0, 0.05) is 11.5 Å². The lowest BCUT2D eigenvalue weighted by Crippen LogP contribution is -2.43. The Bertz CT molecular complexity index is 407. The Morgan fingerprint density at radius 3 is 3.11 bits per heavy atom. The topological polar surface area (TPSA) is 70.6 Å². The van der Waals surface area contributed by atoms with Gasteiger partial charge in [0.15, 0.2) is 0 Å². The van der Waals surface area contributed by atoms with Gasteiger partial charge in [0.25, 0.3) is 0 Å². The second kappa shape index (κ2) is 6.38. The third kappa shape index (κ3) is 3.84. The van der Waals surface area contributed by atoms with Crippen LogP contribution in [0.4, 0.5) is 4.79 Å². The van der Waals surface area contributed by atoms with Crippen LogP contribution in [0.2, 0.25) is 4.34 Å². The number of hydrogen-bond donors (Lipinski definition) is 3. The van der Waals surface area contributed by atoms with Gasteiger partial charge in [-0.25, -0.2) is 4.79 Å². The summed E-state index contributed by atoms with van der Waals surface area (Å²) in [4.78, 5) is 12.3. The second-order valence-electron chi connectivity index (χ2n) is 4.07. The van der Waals surface area contributed by atoms with Crippen molar-refractivity contribution in [1.82, 2.24) is 10.6 Å². The average Bonchev–Trinajstić information content (AvgIpc) is 2.97. The molecule has 2 atom stereocenters. The highest BCUT2D eigenvalue weighted by molar-refractivity contribution is 7.16. The number of aliphatic hydroxyl groups is 1. The fourth-order valence-corrected chi connectivity index (χ4v) is 2.73. The van der Waals surface area contributed by atoms with Crippen LogP contribution in [0.5, 0.6) is 0 Å². The fourth-order valence-electron chi connectivity index (χ4n) is 1.68. The number of rotatable bonds is 4. The summed E-state index contributed by atoms with van der Waals surface area (Å²) in [7, 11) is 0. The Morgan fingerprint density at radius 1 is 1.67 bits per heavy atom.